The van der Waals surface area contributed by atoms with Gasteiger partial charge in [0.15, 0.2) is 0 Å². The number of nitrogens with one attached hydrogen (secondary N) is 1. The van der Waals surface area contributed by atoms with E-state index in [0.29, 0.717) is 17.9 Å². The molecule has 1 amide bonds. The van der Waals surface area contributed by atoms with Crippen molar-refractivity contribution in [2.24, 2.45) is 0 Å². The molecule has 0 saturated carbocycles. The summed E-state index contributed by atoms with van der Waals surface area (Å²) in [5, 5.41) is 2.91. The van der Waals surface area contributed by atoms with Gasteiger partial charge in [-0.15, -0.1) is 0 Å². The van der Waals surface area contributed by atoms with Crippen molar-refractivity contribution in [1.29, 1.82) is 0 Å². The first-order valence-corrected chi connectivity index (χ1v) is 12.4. The number of ether oxygens (including phenoxy) is 2. The summed E-state index contributed by atoms with van der Waals surface area (Å²) in [4.78, 5) is 13.6. The first-order valence-electron chi connectivity index (χ1n) is 11.0. The standard InChI is InChI=1S/C26H28N2O5S/c1-18-7-6-10-23(13-18)34(30,31)28-17-20-9-5-4-8-19(20)15-24(28)26(29)27-16-21-14-22(32-2)11-12-25(21)33-3/h4-14,24H,15-17H2,1-3H3,(H,27,29)/t24-/m0/s1. The maximum atomic E-state index is 13.6. The van der Waals surface area contributed by atoms with Gasteiger partial charge in [0.05, 0.1) is 19.1 Å². The Kier molecular flexibility index (Phi) is 6.90. The van der Waals surface area contributed by atoms with Gasteiger partial charge in [-0.3, -0.25) is 4.79 Å². The highest BCUT2D eigenvalue weighted by atomic mass is 32.2. The van der Waals surface area contributed by atoms with Crippen molar-refractivity contribution >= 4 is 15.9 Å². The molecule has 3 aromatic rings. The zero-order chi connectivity index (χ0) is 24.3. The average molecular weight is 481 g/mol. The van der Waals surface area contributed by atoms with Gasteiger partial charge in [0.2, 0.25) is 15.9 Å². The Morgan fingerprint density at radius 1 is 1.00 bits per heavy atom. The lowest BCUT2D eigenvalue weighted by Gasteiger charge is -2.35. The lowest BCUT2D eigenvalue weighted by atomic mass is 9.95. The van der Waals surface area contributed by atoms with E-state index in [1.54, 1.807) is 50.6 Å². The minimum Gasteiger partial charge on any atom is -0.497 e. The predicted molar refractivity (Wildman–Crippen MR) is 129 cm³/mol. The molecule has 1 atom stereocenters. The van der Waals surface area contributed by atoms with Crippen LogP contribution < -0.4 is 14.8 Å². The summed E-state index contributed by atoms with van der Waals surface area (Å²) in [5.74, 6) is 0.884. The molecular weight excluding hydrogens is 452 g/mol. The number of benzene rings is 3. The molecule has 34 heavy (non-hydrogen) atoms. The molecule has 1 N–H and O–H groups in total. The van der Waals surface area contributed by atoms with E-state index in [2.05, 4.69) is 5.32 Å². The Labute approximate surface area is 200 Å². The van der Waals surface area contributed by atoms with Gasteiger partial charge in [0.25, 0.3) is 0 Å². The van der Waals surface area contributed by atoms with Crippen LogP contribution in [0.15, 0.2) is 71.6 Å². The molecule has 0 fully saturated rings. The van der Waals surface area contributed by atoms with Crippen molar-refractivity contribution in [3.8, 4) is 11.5 Å². The molecule has 1 heterocycles. The van der Waals surface area contributed by atoms with E-state index in [-0.39, 0.29) is 23.9 Å². The van der Waals surface area contributed by atoms with Crippen LogP contribution in [0.25, 0.3) is 0 Å². The number of nitrogens with zero attached hydrogens (tertiary/aromatic N) is 1. The molecule has 1 aliphatic heterocycles. The third-order valence-corrected chi connectivity index (χ3v) is 7.90. The van der Waals surface area contributed by atoms with Gasteiger partial charge in [-0.1, -0.05) is 36.4 Å². The third-order valence-electron chi connectivity index (χ3n) is 6.04. The maximum Gasteiger partial charge on any atom is 0.244 e. The lowest BCUT2D eigenvalue weighted by Crippen LogP contribution is -2.52. The van der Waals surface area contributed by atoms with Crippen LogP contribution in [0.4, 0.5) is 0 Å². The largest absolute Gasteiger partial charge is 0.497 e. The molecule has 0 bridgehead atoms. The summed E-state index contributed by atoms with van der Waals surface area (Å²) in [6.07, 6.45) is 0.294. The molecule has 0 unspecified atom stereocenters. The van der Waals surface area contributed by atoms with Crippen LogP contribution in [0.2, 0.25) is 0 Å². The zero-order valence-electron chi connectivity index (χ0n) is 19.4. The molecule has 7 nitrogen and oxygen atoms in total. The van der Waals surface area contributed by atoms with Crippen LogP contribution >= 0.6 is 0 Å². The molecule has 3 aromatic carbocycles. The monoisotopic (exact) mass is 480 g/mol. The van der Waals surface area contributed by atoms with Crippen LogP contribution in [-0.2, 0) is 34.3 Å². The number of hydrogen-bond acceptors (Lipinski definition) is 5. The lowest BCUT2D eigenvalue weighted by molar-refractivity contribution is -0.125. The number of amides is 1. The second kappa shape index (κ2) is 9.87. The van der Waals surface area contributed by atoms with Crippen LogP contribution in [-0.4, -0.2) is 38.9 Å². The van der Waals surface area contributed by atoms with Crippen molar-refractivity contribution in [3.63, 3.8) is 0 Å². The van der Waals surface area contributed by atoms with Gasteiger partial charge in [0.1, 0.15) is 17.5 Å². The Bertz CT molecular complexity index is 1310. The minimum absolute atomic E-state index is 0.132. The topological polar surface area (TPSA) is 84.9 Å². The van der Waals surface area contributed by atoms with Gasteiger partial charge in [0, 0.05) is 18.7 Å². The Morgan fingerprint density at radius 2 is 1.76 bits per heavy atom. The van der Waals surface area contributed by atoms with Crippen LogP contribution in [0.5, 0.6) is 11.5 Å². The number of methoxy groups -OCH3 is 2. The van der Waals surface area contributed by atoms with Gasteiger partial charge >= 0.3 is 0 Å². The van der Waals surface area contributed by atoms with E-state index in [4.69, 9.17) is 9.47 Å². The number of aryl methyl sites for hydroxylation is 1. The quantitative estimate of drug-likeness (QED) is 0.560. The molecule has 1 aliphatic rings. The predicted octanol–water partition coefficient (Wildman–Crippen LogP) is 3.44. The maximum absolute atomic E-state index is 13.6. The van der Waals surface area contributed by atoms with E-state index < -0.39 is 16.1 Å². The van der Waals surface area contributed by atoms with E-state index >= 15 is 0 Å². The number of sulfonamides is 1. The minimum atomic E-state index is -3.90. The fourth-order valence-corrected chi connectivity index (χ4v) is 5.88. The average Bonchev–Trinajstić information content (AvgIpc) is 2.86. The highest BCUT2D eigenvalue weighted by molar-refractivity contribution is 7.89. The Hall–Kier alpha value is -3.36. The normalized spacial score (nSPS) is 15.9. The van der Waals surface area contributed by atoms with Crippen molar-refractivity contribution in [2.45, 2.75) is 37.4 Å². The van der Waals surface area contributed by atoms with Gasteiger partial charge < -0.3 is 14.8 Å². The Morgan fingerprint density at radius 3 is 2.47 bits per heavy atom. The van der Waals surface area contributed by atoms with E-state index in [9.17, 15) is 13.2 Å². The number of carbonyl (C=O) groups is 1. The highest BCUT2D eigenvalue weighted by Crippen LogP contribution is 2.30. The summed E-state index contributed by atoms with van der Waals surface area (Å²) < 4.78 is 39.3. The van der Waals surface area contributed by atoms with E-state index in [1.165, 1.54) is 4.31 Å². The molecular formula is C26H28N2O5S. The van der Waals surface area contributed by atoms with Crippen LogP contribution in [0.1, 0.15) is 22.3 Å². The Balaban J connectivity index is 1.64. The van der Waals surface area contributed by atoms with E-state index in [1.807, 2.05) is 37.3 Å². The first kappa shape index (κ1) is 23.8. The van der Waals surface area contributed by atoms with Gasteiger partial charge in [-0.05, 0) is 60.4 Å². The number of rotatable bonds is 7. The van der Waals surface area contributed by atoms with Crippen LogP contribution in [0, 0.1) is 6.92 Å². The smallest absolute Gasteiger partial charge is 0.244 e. The second-order valence-electron chi connectivity index (χ2n) is 8.25. The molecule has 0 aliphatic carbocycles. The molecule has 0 radical (unpaired) electrons. The molecule has 0 saturated heterocycles. The molecule has 0 spiro atoms. The number of carbonyl (C=O) groups excluding carboxylic acids is 1. The second-order valence-corrected chi connectivity index (χ2v) is 10.1. The van der Waals surface area contributed by atoms with Crippen molar-refractivity contribution in [1.82, 2.24) is 9.62 Å². The van der Waals surface area contributed by atoms with Crippen molar-refractivity contribution in [3.05, 3.63) is 89.0 Å². The fraction of sp³-hybridized carbons (Fsp3) is 0.269. The third kappa shape index (κ3) is 4.78. The van der Waals surface area contributed by atoms with E-state index in [0.717, 1.165) is 22.3 Å². The number of hydrogen-bond donors (Lipinski definition) is 1. The molecule has 4 rings (SSSR count). The molecule has 8 heteroatoms. The fourth-order valence-electron chi connectivity index (χ4n) is 4.21. The van der Waals surface area contributed by atoms with Crippen molar-refractivity contribution in [2.75, 3.05) is 14.2 Å². The highest BCUT2D eigenvalue weighted by Gasteiger charge is 2.39. The van der Waals surface area contributed by atoms with Crippen molar-refractivity contribution < 1.29 is 22.7 Å². The van der Waals surface area contributed by atoms with Crippen LogP contribution in [0.3, 0.4) is 0 Å². The van der Waals surface area contributed by atoms with Gasteiger partial charge in [-0.2, -0.15) is 4.31 Å². The summed E-state index contributed by atoms with van der Waals surface area (Å²) >= 11 is 0. The SMILES string of the molecule is COc1ccc(OC)c(CNC(=O)[C@@H]2Cc3ccccc3CN2S(=O)(=O)c2cccc(C)c2)c1. The summed E-state index contributed by atoms with van der Waals surface area (Å²) in [5.41, 5.74) is 3.44. The summed E-state index contributed by atoms with van der Waals surface area (Å²) in [7, 11) is -0.776. The summed E-state index contributed by atoms with van der Waals surface area (Å²) in [6.45, 7) is 2.15. The molecule has 178 valence electrons. The zero-order valence-corrected chi connectivity index (χ0v) is 20.3. The molecule has 0 aromatic heterocycles. The first-order chi connectivity index (χ1) is 16.3. The number of fused-ring (bicyclic) bond motifs is 1. The van der Waals surface area contributed by atoms with Gasteiger partial charge in [-0.25, -0.2) is 8.42 Å². The summed E-state index contributed by atoms with van der Waals surface area (Å²) in [6, 6.07) is 18.8.